The Bertz CT molecular complexity index is 1640. The Morgan fingerprint density at radius 3 is 1.49 bits per heavy atom. The summed E-state index contributed by atoms with van der Waals surface area (Å²) in [7, 11) is 0. The smallest absolute Gasteiger partial charge is 0.872 e. The topological polar surface area (TPSA) is 104 Å². The fourth-order valence-corrected chi connectivity index (χ4v) is 4.10. The van der Waals surface area contributed by atoms with Crippen LogP contribution in [0.5, 0.6) is 11.5 Å². The molecule has 0 saturated heterocycles. The average molecular weight is 527 g/mol. The fraction of sp³-hybridized carbons (Fsp3) is 0. The van der Waals surface area contributed by atoms with Crippen LogP contribution < -0.4 is 80.0 Å². The van der Waals surface area contributed by atoms with Crippen molar-refractivity contribution in [1.29, 1.82) is 0 Å². The minimum absolute atomic E-state index is 0. The molecule has 6 nitrogen and oxygen atoms in total. The number of benzene rings is 5. The van der Waals surface area contributed by atoms with E-state index in [1.165, 1.54) is 24.3 Å². The molecule has 172 valence electrons. The third kappa shape index (κ3) is 6.30. The van der Waals surface area contributed by atoms with Crippen LogP contribution in [0, 0.1) is 0 Å². The summed E-state index contributed by atoms with van der Waals surface area (Å²) in [4.78, 5) is 25.5. The standard InChI is InChI=1S/C28H19ClN2O4.2Na/c29-23-15-20(30-27(34)21-11-16-5-1-3-7-18(16)13-25(21)32)9-10-24(23)31-28(35)22-12-17-6-2-4-8-19(17)14-26(22)33;;/h1-15,32-33H,(H,30,34)(H,31,35);;/q;2*+1/p-2. The summed E-state index contributed by atoms with van der Waals surface area (Å²) in [6.45, 7) is 0. The molecule has 0 aliphatic heterocycles. The maximum absolute atomic E-state index is 12.7. The van der Waals surface area contributed by atoms with E-state index in [0.717, 1.165) is 21.5 Å². The summed E-state index contributed by atoms with van der Waals surface area (Å²) in [5, 5.41) is 33.3. The van der Waals surface area contributed by atoms with E-state index >= 15 is 0 Å². The molecule has 0 saturated carbocycles. The van der Waals surface area contributed by atoms with Gasteiger partial charge in [0.25, 0.3) is 11.8 Å². The number of nitrogens with one attached hydrogen (secondary N) is 2. The van der Waals surface area contributed by atoms with Crippen LogP contribution in [0.15, 0.2) is 91.0 Å². The van der Waals surface area contributed by atoms with Gasteiger partial charge in [-0.2, -0.15) is 0 Å². The van der Waals surface area contributed by atoms with Crippen molar-refractivity contribution in [2.24, 2.45) is 0 Å². The maximum Gasteiger partial charge on any atom is 1.00 e. The zero-order valence-corrected chi connectivity index (χ0v) is 24.9. The molecule has 5 aromatic carbocycles. The molecule has 2 amide bonds. The van der Waals surface area contributed by atoms with E-state index in [1.54, 1.807) is 30.3 Å². The van der Waals surface area contributed by atoms with Gasteiger partial charge >= 0.3 is 59.1 Å². The minimum Gasteiger partial charge on any atom is -0.872 e. The molecule has 2 N–H and O–H groups in total. The first-order valence-corrected chi connectivity index (χ1v) is 11.1. The number of hydrogen-bond donors (Lipinski definition) is 2. The summed E-state index contributed by atoms with van der Waals surface area (Å²) in [5.74, 6) is -1.95. The van der Waals surface area contributed by atoms with Gasteiger partial charge in [-0.3, -0.25) is 9.59 Å². The van der Waals surface area contributed by atoms with Crippen LogP contribution in [0.3, 0.4) is 0 Å². The number of halogens is 1. The van der Waals surface area contributed by atoms with Gasteiger partial charge < -0.3 is 20.8 Å². The Balaban J connectivity index is 0.00000190. The van der Waals surface area contributed by atoms with E-state index in [2.05, 4.69) is 10.6 Å². The van der Waals surface area contributed by atoms with Crippen LogP contribution in [-0.2, 0) is 0 Å². The molecule has 0 heterocycles. The molecule has 0 aliphatic carbocycles. The molecule has 0 atom stereocenters. The zero-order chi connectivity index (χ0) is 24.5. The molecule has 9 heteroatoms. The summed E-state index contributed by atoms with van der Waals surface area (Å²) < 4.78 is 0. The SMILES string of the molecule is O=C(Nc1ccc(NC(=O)c2cc3ccccc3cc2[O-])c(Cl)c1)c1cc2ccccc2cc1[O-].[Na+].[Na+]. The normalized spacial score (nSPS) is 10.3. The second-order valence-electron chi connectivity index (χ2n) is 7.99. The summed E-state index contributed by atoms with van der Waals surface area (Å²) in [6, 6.07) is 25.0. The molecule has 0 radical (unpaired) electrons. The van der Waals surface area contributed by atoms with Gasteiger partial charge in [-0.05, 0) is 51.9 Å². The first-order chi connectivity index (χ1) is 16.9. The third-order valence-corrected chi connectivity index (χ3v) is 5.97. The third-order valence-electron chi connectivity index (χ3n) is 5.66. The van der Waals surface area contributed by atoms with Crippen molar-refractivity contribution in [2.75, 3.05) is 10.6 Å². The van der Waals surface area contributed by atoms with Gasteiger partial charge in [-0.1, -0.05) is 83.8 Å². The van der Waals surface area contributed by atoms with Gasteiger partial charge in [0.15, 0.2) is 0 Å². The Morgan fingerprint density at radius 1 is 0.595 bits per heavy atom. The Labute approximate surface area is 262 Å². The van der Waals surface area contributed by atoms with Crippen molar-refractivity contribution < 1.29 is 78.9 Å². The van der Waals surface area contributed by atoms with Crippen LogP contribution in [0.2, 0.25) is 5.02 Å². The van der Waals surface area contributed by atoms with E-state index in [1.807, 2.05) is 36.4 Å². The number of hydrogen-bond acceptors (Lipinski definition) is 4. The van der Waals surface area contributed by atoms with Gasteiger partial charge in [0, 0.05) is 16.8 Å². The largest absolute Gasteiger partial charge is 1.00 e. The number of anilines is 2. The second-order valence-corrected chi connectivity index (χ2v) is 8.40. The van der Waals surface area contributed by atoms with Crippen molar-refractivity contribution in [2.45, 2.75) is 0 Å². The van der Waals surface area contributed by atoms with Crippen LogP contribution in [0.25, 0.3) is 21.5 Å². The molecule has 0 bridgehead atoms. The number of fused-ring (bicyclic) bond motifs is 2. The molecule has 37 heavy (non-hydrogen) atoms. The first-order valence-electron chi connectivity index (χ1n) is 10.7. The number of rotatable bonds is 4. The van der Waals surface area contributed by atoms with E-state index in [0.29, 0.717) is 5.69 Å². The van der Waals surface area contributed by atoms with Crippen LogP contribution in [-0.4, -0.2) is 11.8 Å². The second kappa shape index (κ2) is 12.3. The zero-order valence-electron chi connectivity index (χ0n) is 20.2. The fourth-order valence-electron chi connectivity index (χ4n) is 3.88. The first kappa shape index (κ1) is 29.0. The van der Waals surface area contributed by atoms with Crippen LogP contribution in [0.1, 0.15) is 20.7 Å². The van der Waals surface area contributed by atoms with Gasteiger partial charge in [0.05, 0.1) is 10.7 Å². The summed E-state index contributed by atoms with van der Waals surface area (Å²) in [6.07, 6.45) is 0. The van der Waals surface area contributed by atoms with Crippen molar-refractivity contribution in [3.05, 3.63) is 107 Å². The van der Waals surface area contributed by atoms with Crippen LogP contribution in [0.4, 0.5) is 11.4 Å². The minimum atomic E-state index is -0.591. The van der Waals surface area contributed by atoms with E-state index in [-0.39, 0.29) is 86.7 Å². The molecular weight excluding hydrogens is 510 g/mol. The van der Waals surface area contributed by atoms with Crippen LogP contribution >= 0.6 is 11.6 Å². The van der Waals surface area contributed by atoms with E-state index < -0.39 is 17.6 Å². The Kier molecular flexibility index (Phi) is 9.67. The number of carbonyl (C=O) groups is 2. The molecule has 0 spiro atoms. The molecule has 5 rings (SSSR count). The quantitative estimate of drug-likeness (QED) is 0.302. The van der Waals surface area contributed by atoms with E-state index in [9.17, 15) is 19.8 Å². The summed E-state index contributed by atoms with van der Waals surface area (Å²) >= 11 is 6.33. The molecule has 5 aromatic rings. The van der Waals surface area contributed by atoms with Gasteiger partial charge in [0.1, 0.15) is 0 Å². The van der Waals surface area contributed by atoms with Gasteiger partial charge in [-0.15, -0.1) is 0 Å². The average Bonchev–Trinajstić information content (AvgIpc) is 2.84. The number of amides is 2. The Morgan fingerprint density at radius 2 is 1.03 bits per heavy atom. The molecule has 0 unspecified atom stereocenters. The monoisotopic (exact) mass is 526 g/mol. The molecule has 0 aromatic heterocycles. The molecule has 0 aliphatic rings. The van der Waals surface area contributed by atoms with Gasteiger partial charge in [-0.25, -0.2) is 0 Å². The van der Waals surface area contributed by atoms with Crippen molar-refractivity contribution >= 4 is 56.3 Å². The molecular formula is C28H17ClN2Na2O4. The predicted octanol–water partition coefficient (Wildman–Crippen LogP) is -0.694. The van der Waals surface area contributed by atoms with Gasteiger partial charge in [0.2, 0.25) is 0 Å². The summed E-state index contributed by atoms with van der Waals surface area (Å²) in [5.41, 5.74) is 0.631. The van der Waals surface area contributed by atoms with E-state index in [4.69, 9.17) is 11.6 Å². The van der Waals surface area contributed by atoms with Crippen molar-refractivity contribution in [1.82, 2.24) is 0 Å². The Hall–Kier alpha value is -2.55. The molecule has 0 fully saturated rings. The van der Waals surface area contributed by atoms with Crippen molar-refractivity contribution in [3.8, 4) is 11.5 Å². The predicted molar refractivity (Wildman–Crippen MR) is 134 cm³/mol. The van der Waals surface area contributed by atoms with Crippen molar-refractivity contribution in [3.63, 3.8) is 0 Å². The number of carbonyl (C=O) groups excluding carboxylic acids is 2. The maximum atomic E-state index is 12.7.